The minimum atomic E-state index is -0.385. The molecule has 1 atom stereocenters. The highest BCUT2D eigenvalue weighted by Gasteiger charge is 2.31. The molecular weight excluding hydrogens is 285 g/mol. The maximum atomic E-state index is 13.7. The summed E-state index contributed by atoms with van der Waals surface area (Å²) in [6.07, 6.45) is 1.63. The van der Waals surface area contributed by atoms with E-state index in [0.29, 0.717) is 23.4 Å². The minimum absolute atomic E-state index is 0.186. The van der Waals surface area contributed by atoms with E-state index < -0.39 is 0 Å². The fourth-order valence-corrected chi connectivity index (χ4v) is 2.75. The number of hydrogen-bond acceptors (Lipinski definition) is 3. The lowest BCUT2D eigenvalue weighted by Gasteiger charge is -2.24. The lowest BCUT2D eigenvalue weighted by atomic mass is 10.1. The molecule has 0 saturated carbocycles. The molecule has 3 rings (SSSR count). The van der Waals surface area contributed by atoms with E-state index in [1.54, 1.807) is 30.0 Å². The topological polar surface area (TPSA) is 66.1 Å². The van der Waals surface area contributed by atoms with Gasteiger partial charge < -0.3 is 4.90 Å². The van der Waals surface area contributed by atoms with Gasteiger partial charge in [0.1, 0.15) is 5.82 Å². The van der Waals surface area contributed by atoms with E-state index in [4.69, 9.17) is 0 Å². The van der Waals surface area contributed by atoms with Crippen molar-refractivity contribution in [3.8, 4) is 0 Å². The minimum Gasteiger partial charge on any atom is -0.330 e. The number of nitrogens with zero attached hydrogens (tertiary/aromatic N) is 2. The second-order valence-electron chi connectivity index (χ2n) is 5.47. The van der Waals surface area contributed by atoms with Gasteiger partial charge in [-0.3, -0.25) is 9.59 Å². The molecule has 1 unspecified atom stereocenters. The lowest BCUT2D eigenvalue weighted by Crippen LogP contribution is -2.31. The zero-order chi connectivity index (χ0) is 15.7. The van der Waals surface area contributed by atoms with Crippen LogP contribution >= 0.6 is 0 Å². The van der Waals surface area contributed by atoms with Gasteiger partial charge in [0.05, 0.1) is 11.7 Å². The van der Waals surface area contributed by atoms with Crippen molar-refractivity contribution in [1.82, 2.24) is 15.1 Å². The highest BCUT2D eigenvalue weighted by atomic mass is 19.1. The molecule has 0 bridgehead atoms. The van der Waals surface area contributed by atoms with Gasteiger partial charge in [-0.1, -0.05) is 6.07 Å². The number of carbonyl (C=O) groups excluding carboxylic acids is 1. The SMILES string of the molecule is Cc1ccc(C(=O)N2CCCC2c2ccc(=O)[nH]n2)cc1F. The molecule has 5 nitrogen and oxygen atoms in total. The van der Waals surface area contributed by atoms with Crippen LogP contribution in [0.25, 0.3) is 0 Å². The molecule has 1 saturated heterocycles. The fraction of sp³-hybridized carbons (Fsp3) is 0.312. The average Bonchev–Trinajstić information content (AvgIpc) is 2.99. The summed E-state index contributed by atoms with van der Waals surface area (Å²) in [5.41, 5.74) is 1.22. The van der Waals surface area contributed by atoms with Gasteiger partial charge in [-0.15, -0.1) is 0 Å². The van der Waals surface area contributed by atoms with Crippen LogP contribution in [0.15, 0.2) is 35.1 Å². The summed E-state index contributed by atoms with van der Waals surface area (Å²) in [7, 11) is 0. The Morgan fingerprint density at radius 2 is 2.18 bits per heavy atom. The molecule has 0 spiro atoms. The molecular formula is C16H16FN3O2. The first-order chi connectivity index (χ1) is 10.6. The smallest absolute Gasteiger partial charge is 0.264 e. The van der Waals surface area contributed by atoms with Crippen molar-refractivity contribution in [2.75, 3.05) is 6.54 Å². The van der Waals surface area contributed by atoms with Gasteiger partial charge in [0.2, 0.25) is 0 Å². The molecule has 114 valence electrons. The molecule has 1 amide bonds. The Kier molecular flexibility index (Phi) is 3.75. The van der Waals surface area contributed by atoms with Crippen LogP contribution < -0.4 is 5.56 Å². The van der Waals surface area contributed by atoms with E-state index in [1.165, 1.54) is 12.1 Å². The van der Waals surface area contributed by atoms with Gasteiger partial charge in [-0.2, -0.15) is 5.10 Å². The van der Waals surface area contributed by atoms with Crippen LogP contribution in [-0.4, -0.2) is 27.5 Å². The zero-order valence-corrected chi connectivity index (χ0v) is 12.2. The number of H-pyrrole nitrogens is 1. The molecule has 1 aliphatic heterocycles. The van der Waals surface area contributed by atoms with Crippen LogP contribution in [0.2, 0.25) is 0 Å². The molecule has 1 N–H and O–H groups in total. The van der Waals surface area contributed by atoms with Gasteiger partial charge in [0.15, 0.2) is 0 Å². The highest BCUT2D eigenvalue weighted by molar-refractivity contribution is 5.94. The van der Waals surface area contributed by atoms with E-state index in [1.807, 2.05) is 0 Å². The summed E-state index contributed by atoms with van der Waals surface area (Å²) in [4.78, 5) is 25.4. The number of nitrogens with one attached hydrogen (secondary N) is 1. The zero-order valence-electron chi connectivity index (χ0n) is 12.2. The summed E-state index contributed by atoms with van der Waals surface area (Å²) in [6.45, 7) is 2.26. The van der Waals surface area contributed by atoms with Crippen LogP contribution in [0, 0.1) is 12.7 Å². The quantitative estimate of drug-likeness (QED) is 0.924. The Bertz CT molecular complexity index is 752. The lowest BCUT2D eigenvalue weighted by molar-refractivity contribution is 0.0732. The van der Waals surface area contributed by atoms with Crippen LogP contribution in [0.5, 0.6) is 0 Å². The summed E-state index contributed by atoms with van der Waals surface area (Å²) >= 11 is 0. The predicted molar refractivity (Wildman–Crippen MR) is 79.0 cm³/mol. The largest absolute Gasteiger partial charge is 0.330 e. The van der Waals surface area contributed by atoms with Gasteiger partial charge in [0, 0.05) is 18.2 Å². The standard InChI is InChI=1S/C16H16FN3O2/c1-10-4-5-11(9-12(10)17)16(22)20-8-2-3-14(20)13-6-7-15(21)19-18-13/h4-7,9,14H,2-3,8H2,1H3,(H,19,21). The molecule has 2 heterocycles. The van der Waals surface area contributed by atoms with E-state index in [2.05, 4.69) is 10.2 Å². The number of likely N-dealkylation sites (tertiary alicyclic amines) is 1. The number of aromatic nitrogens is 2. The number of amides is 1. The first kappa shape index (κ1) is 14.4. The number of aromatic amines is 1. The van der Waals surface area contributed by atoms with Gasteiger partial charge in [-0.05, 0) is 43.5 Å². The number of benzene rings is 1. The molecule has 1 aromatic heterocycles. The number of rotatable bonds is 2. The van der Waals surface area contributed by atoms with Crippen molar-refractivity contribution in [2.24, 2.45) is 0 Å². The van der Waals surface area contributed by atoms with Gasteiger partial charge >= 0.3 is 0 Å². The number of aryl methyl sites for hydroxylation is 1. The molecule has 1 aliphatic rings. The normalized spacial score (nSPS) is 17.7. The Hall–Kier alpha value is -2.50. The maximum Gasteiger partial charge on any atom is 0.264 e. The predicted octanol–water partition coefficient (Wildman–Crippen LogP) is 2.19. The number of carbonyl (C=O) groups is 1. The molecule has 0 aliphatic carbocycles. The fourth-order valence-electron chi connectivity index (χ4n) is 2.75. The van der Waals surface area contributed by atoms with E-state index in [0.717, 1.165) is 12.8 Å². The van der Waals surface area contributed by atoms with Crippen LogP contribution in [0.3, 0.4) is 0 Å². The second kappa shape index (κ2) is 5.71. The summed E-state index contributed by atoms with van der Waals surface area (Å²) in [6, 6.07) is 7.35. The van der Waals surface area contributed by atoms with Crippen molar-refractivity contribution in [3.05, 3.63) is 63.3 Å². The third kappa shape index (κ3) is 2.64. The molecule has 2 aromatic rings. The number of halogens is 1. The Balaban J connectivity index is 1.89. The summed E-state index contributed by atoms with van der Waals surface area (Å²) in [5, 5.41) is 6.40. The van der Waals surface area contributed by atoms with Crippen molar-refractivity contribution in [1.29, 1.82) is 0 Å². The second-order valence-corrected chi connectivity index (χ2v) is 5.47. The molecule has 1 fully saturated rings. The molecule has 0 radical (unpaired) electrons. The Morgan fingerprint density at radius 3 is 2.86 bits per heavy atom. The average molecular weight is 301 g/mol. The monoisotopic (exact) mass is 301 g/mol. The van der Waals surface area contributed by atoms with E-state index in [-0.39, 0.29) is 23.3 Å². The Morgan fingerprint density at radius 1 is 1.36 bits per heavy atom. The van der Waals surface area contributed by atoms with E-state index in [9.17, 15) is 14.0 Å². The van der Waals surface area contributed by atoms with Crippen LogP contribution in [-0.2, 0) is 0 Å². The van der Waals surface area contributed by atoms with E-state index >= 15 is 0 Å². The first-order valence-electron chi connectivity index (χ1n) is 7.19. The number of hydrogen-bond donors (Lipinski definition) is 1. The summed E-state index contributed by atoms with van der Waals surface area (Å²) in [5.74, 6) is -0.599. The van der Waals surface area contributed by atoms with Crippen molar-refractivity contribution < 1.29 is 9.18 Å². The third-order valence-electron chi connectivity index (χ3n) is 3.97. The van der Waals surface area contributed by atoms with Crippen molar-refractivity contribution >= 4 is 5.91 Å². The molecule has 1 aromatic carbocycles. The van der Waals surface area contributed by atoms with Crippen molar-refractivity contribution in [2.45, 2.75) is 25.8 Å². The van der Waals surface area contributed by atoms with Gasteiger partial charge in [-0.25, -0.2) is 9.49 Å². The highest BCUT2D eigenvalue weighted by Crippen LogP contribution is 2.31. The summed E-state index contributed by atoms with van der Waals surface area (Å²) < 4.78 is 13.7. The maximum absolute atomic E-state index is 13.7. The van der Waals surface area contributed by atoms with Crippen LogP contribution in [0.4, 0.5) is 4.39 Å². The molecule has 22 heavy (non-hydrogen) atoms. The Labute approximate surface area is 126 Å². The first-order valence-corrected chi connectivity index (χ1v) is 7.19. The van der Waals surface area contributed by atoms with Gasteiger partial charge in [0.25, 0.3) is 11.5 Å². The third-order valence-corrected chi connectivity index (χ3v) is 3.97. The van der Waals surface area contributed by atoms with Crippen molar-refractivity contribution in [3.63, 3.8) is 0 Å². The van der Waals surface area contributed by atoms with Crippen LogP contribution in [0.1, 0.15) is 40.5 Å². The molecule has 6 heteroatoms.